The van der Waals surface area contributed by atoms with E-state index in [1.807, 2.05) is 79.5 Å². The SMILES string of the molecule is CN(Sc1ccc(NC(=O)c2ccc3c(c2)CCCS3)cc1)c1ccc(Cl)cc1. The smallest absolute Gasteiger partial charge is 0.255 e. The van der Waals surface area contributed by atoms with Crippen molar-refractivity contribution >= 4 is 52.6 Å². The highest BCUT2D eigenvalue weighted by molar-refractivity contribution is 8.00. The standard InChI is InChI=1S/C23H21ClN2OS2/c1-26(20-9-5-18(24)6-10-20)29-21-11-7-19(8-12-21)25-23(27)17-4-13-22-16(15-17)3-2-14-28-22/h4-13,15H,2-3,14H2,1H3,(H,25,27). The van der Waals surface area contributed by atoms with Gasteiger partial charge in [-0.15, -0.1) is 11.8 Å². The van der Waals surface area contributed by atoms with Crippen LogP contribution in [-0.4, -0.2) is 18.7 Å². The van der Waals surface area contributed by atoms with Crippen molar-refractivity contribution in [2.45, 2.75) is 22.6 Å². The predicted molar refractivity (Wildman–Crippen MR) is 126 cm³/mol. The van der Waals surface area contributed by atoms with Gasteiger partial charge in [0.25, 0.3) is 5.91 Å². The van der Waals surface area contributed by atoms with Gasteiger partial charge in [-0.3, -0.25) is 4.79 Å². The van der Waals surface area contributed by atoms with E-state index >= 15 is 0 Å². The third kappa shape index (κ3) is 5.10. The normalized spacial score (nSPS) is 12.9. The Hall–Kier alpha value is -2.08. The number of amides is 1. The highest BCUT2D eigenvalue weighted by Gasteiger charge is 2.13. The van der Waals surface area contributed by atoms with Crippen LogP contribution in [0.4, 0.5) is 11.4 Å². The Bertz CT molecular complexity index is 1010. The number of nitrogens with zero attached hydrogens (tertiary/aromatic N) is 1. The summed E-state index contributed by atoms with van der Waals surface area (Å²) in [6.45, 7) is 0. The number of hydrogen-bond donors (Lipinski definition) is 1. The molecular weight excluding hydrogens is 420 g/mol. The van der Waals surface area contributed by atoms with Crippen molar-refractivity contribution in [3.8, 4) is 0 Å². The van der Waals surface area contributed by atoms with Crippen LogP contribution in [0.15, 0.2) is 76.5 Å². The number of hydrogen-bond acceptors (Lipinski definition) is 4. The zero-order valence-electron chi connectivity index (χ0n) is 16.0. The van der Waals surface area contributed by atoms with E-state index in [1.165, 1.54) is 16.9 Å². The molecule has 148 valence electrons. The second kappa shape index (κ2) is 9.16. The number of halogens is 1. The van der Waals surface area contributed by atoms with E-state index in [1.54, 1.807) is 11.9 Å². The van der Waals surface area contributed by atoms with Crippen LogP contribution in [0.25, 0.3) is 0 Å². The summed E-state index contributed by atoms with van der Waals surface area (Å²) in [7, 11) is 2.01. The number of nitrogens with one attached hydrogen (secondary N) is 1. The van der Waals surface area contributed by atoms with E-state index in [0.717, 1.165) is 33.5 Å². The van der Waals surface area contributed by atoms with Crippen molar-refractivity contribution in [1.82, 2.24) is 0 Å². The minimum absolute atomic E-state index is 0.0675. The zero-order chi connectivity index (χ0) is 20.2. The average Bonchev–Trinajstić information content (AvgIpc) is 2.75. The molecule has 0 saturated carbocycles. The fraction of sp³-hybridized carbons (Fsp3) is 0.174. The van der Waals surface area contributed by atoms with Gasteiger partial charge < -0.3 is 9.62 Å². The van der Waals surface area contributed by atoms with Gasteiger partial charge in [0.1, 0.15) is 0 Å². The minimum atomic E-state index is -0.0675. The Morgan fingerprint density at radius 3 is 2.59 bits per heavy atom. The Labute approximate surface area is 185 Å². The molecule has 1 heterocycles. The van der Waals surface area contributed by atoms with Gasteiger partial charge in [-0.25, -0.2) is 0 Å². The van der Waals surface area contributed by atoms with Crippen LogP contribution in [0.5, 0.6) is 0 Å². The van der Waals surface area contributed by atoms with E-state index in [2.05, 4.69) is 15.7 Å². The maximum absolute atomic E-state index is 12.6. The van der Waals surface area contributed by atoms with Crippen LogP contribution in [0.3, 0.4) is 0 Å². The molecule has 0 radical (unpaired) electrons. The summed E-state index contributed by atoms with van der Waals surface area (Å²) in [5.41, 5.74) is 3.86. The van der Waals surface area contributed by atoms with Crippen LogP contribution in [0.2, 0.25) is 5.02 Å². The van der Waals surface area contributed by atoms with Crippen LogP contribution < -0.4 is 9.62 Å². The first-order valence-electron chi connectivity index (χ1n) is 9.43. The number of thioether (sulfide) groups is 1. The molecule has 1 amide bonds. The Kier molecular flexibility index (Phi) is 6.38. The lowest BCUT2D eigenvalue weighted by atomic mass is 10.1. The Morgan fingerprint density at radius 1 is 1.07 bits per heavy atom. The third-order valence-corrected chi connectivity index (χ3v) is 7.14. The van der Waals surface area contributed by atoms with E-state index in [4.69, 9.17) is 11.6 Å². The van der Waals surface area contributed by atoms with Gasteiger partial charge in [0.2, 0.25) is 0 Å². The number of carbonyl (C=O) groups is 1. The second-order valence-corrected chi connectivity index (χ2v) is 9.59. The van der Waals surface area contributed by atoms with Crippen molar-refractivity contribution in [1.29, 1.82) is 0 Å². The second-order valence-electron chi connectivity index (χ2n) is 6.82. The van der Waals surface area contributed by atoms with Crippen LogP contribution in [0, 0.1) is 0 Å². The van der Waals surface area contributed by atoms with Crippen molar-refractivity contribution in [3.05, 3.63) is 82.9 Å². The first kappa shape index (κ1) is 20.2. The quantitative estimate of drug-likeness (QED) is 0.443. The van der Waals surface area contributed by atoms with Crippen molar-refractivity contribution in [2.75, 3.05) is 22.4 Å². The van der Waals surface area contributed by atoms with Crippen molar-refractivity contribution in [2.24, 2.45) is 0 Å². The average molecular weight is 441 g/mol. The van der Waals surface area contributed by atoms with Gasteiger partial charge >= 0.3 is 0 Å². The molecule has 1 aliphatic rings. The van der Waals surface area contributed by atoms with Gasteiger partial charge in [-0.05, 0) is 103 Å². The molecule has 29 heavy (non-hydrogen) atoms. The predicted octanol–water partition coefficient (Wildman–Crippen LogP) is 6.77. The molecule has 3 aromatic carbocycles. The highest BCUT2D eigenvalue weighted by Crippen LogP contribution is 2.31. The van der Waals surface area contributed by atoms with Crippen LogP contribution in [-0.2, 0) is 6.42 Å². The van der Waals surface area contributed by atoms with E-state index in [9.17, 15) is 4.79 Å². The Morgan fingerprint density at radius 2 is 1.83 bits per heavy atom. The molecule has 0 unspecified atom stereocenters. The van der Waals surface area contributed by atoms with Gasteiger partial charge in [0.15, 0.2) is 0 Å². The van der Waals surface area contributed by atoms with Gasteiger partial charge in [-0.1, -0.05) is 11.6 Å². The first-order valence-corrected chi connectivity index (χ1v) is 11.6. The molecule has 0 aliphatic carbocycles. The lowest BCUT2D eigenvalue weighted by molar-refractivity contribution is 0.102. The van der Waals surface area contributed by atoms with Crippen molar-refractivity contribution in [3.63, 3.8) is 0 Å². The monoisotopic (exact) mass is 440 g/mol. The Balaban J connectivity index is 1.39. The molecule has 0 fully saturated rings. The fourth-order valence-corrected chi connectivity index (χ4v) is 5.11. The van der Waals surface area contributed by atoms with Gasteiger partial charge in [0, 0.05) is 38.8 Å². The summed E-state index contributed by atoms with van der Waals surface area (Å²) in [4.78, 5) is 15.0. The number of anilines is 2. The summed E-state index contributed by atoms with van der Waals surface area (Å²) in [5, 5.41) is 3.73. The molecule has 1 aliphatic heterocycles. The summed E-state index contributed by atoms with van der Waals surface area (Å²) < 4.78 is 2.08. The molecule has 0 saturated heterocycles. The van der Waals surface area contributed by atoms with Crippen LogP contribution >= 0.6 is 35.3 Å². The highest BCUT2D eigenvalue weighted by atomic mass is 35.5. The molecule has 3 aromatic rings. The number of fused-ring (bicyclic) bond motifs is 1. The fourth-order valence-electron chi connectivity index (χ4n) is 3.17. The van der Waals surface area contributed by atoms with E-state index in [0.29, 0.717) is 5.56 Å². The van der Waals surface area contributed by atoms with Crippen LogP contribution in [0.1, 0.15) is 22.3 Å². The largest absolute Gasteiger partial charge is 0.322 e. The minimum Gasteiger partial charge on any atom is -0.322 e. The molecule has 0 atom stereocenters. The lowest BCUT2D eigenvalue weighted by Crippen LogP contribution is -2.13. The molecule has 1 N–H and O–H groups in total. The molecule has 4 rings (SSSR count). The van der Waals surface area contributed by atoms with E-state index < -0.39 is 0 Å². The topological polar surface area (TPSA) is 32.3 Å². The molecule has 6 heteroatoms. The summed E-state index contributed by atoms with van der Waals surface area (Å²) >= 11 is 9.44. The maximum Gasteiger partial charge on any atom is 0.255 e. The third-order valence-electron chi connectivity index (χ3n) is 4.72. The zero-order valence-corrected chi connectivity index (χ0v) is 18.4. The molecular formula is C23H21ClN2OS2. The summed E-state index contributed by atoms with van der Waals surface area (Å²) in [5.74, 6) is 1.10. The molecule has 3 nitrogen and oxygen atoms in total. The number of aryl methyl sites for hydroxylation is 1. The molecule has 0 spiro atoms. The summed E-state index contributed by atoms with van der Waals surface area (Å²) in [6.07, 6.45) is 2.23. The van der Waals surface area contributed by atoms with Gasteiger partial charge in [0.05, 0.1) is 0 Å². The number of rotatable bonds is 5. The summed E-state index contributed by atoms with van der Waals surface area (Å²) in [6, 6.07) is 21.6. The van der Waals surface area contributed by atoms with E-state index in [-0.39, 0.29) is 5.91 Å². The lowest BCUT2D eigenvalue weighted by Gasteiger charge is -2.18. The number of carbonyl (C=O) groups excluding carboxylic acids is 1. The van der Waals surface area contributed by atoms with Crippen molar-refractivity contribution < 1.29 is 4.79 Å². The molecule has 0 aromatic heterocycles. The maximum atomic E-state index is 12.6. The number of benzene rings is 3. The first-order chi connectivity index (χ1) is 14.1. The molecule has 0 bridgehead atoms. The van der Waals surface area contributed by atoms with Gasteiger partial charge in [-0.2, -0.15) is 0 Å².